The maximum absolute atomic E-state index is 9.61. The number of ether oxygens (including phenoxy) is 1. The minimum absolute atomic E-state index is 0.191. The van der Waals surface area contributed by atoms with Crippen molar-refractivity contribution in [2.45, 2.75) is 44.2 Å². The number of aliphatic hydroxyl groups is 1. The summed E-state index contributed by atoms with van der Waals surface area (Å²) in [6.07, 6.45) is 5.87. The molecule has 3 rings (SSSR count). The smallest absolute Gasteiger partial charge is 0.109 e. The number of aliphatic hydroxyl groups excluding tert-OH is 1. The van der Waals surface area contributed by atoms with Crippen molar-refractivity contribution in [2.75, 3.05) is 13.2 Å². The molecule has 16 heavy (non-hydrogen) atoms. The first-order valence-electron chi connectivity index (χ1n) is 6.14. The maximum atomic E-state index is 9.61. The summed E-state index contributed by atoms with van der Waals surface area (Å²) in [6.45, 7) is 2.43. The fraction of sp³-hybridized carbons (Fsp3) is 0.750. The van der Waals surface area contributed by atoms with Gasteiger partial charge in [0.15, 0.2) is 0 Å². The molecular weight excluding hydrogens is 204 g/mol. The highest BCUT2D eigenvalue weighted by Gasteiger charge is 2.23. The van der Waals surface area contributed by atoms with Crippen molar-refractivity contribution in [1.29, 1.82) is 0 Å². The Balaban J connectivity index is 1.80. The van der Waals surface area contributed by atoms with Crippen LogP contribution >= 0.6 is 0 Å². The molecule has 1 N–H and O–H groups in total. The van der Waals surface area contributed by atoms with Gasteiger partial charge in [-0.05, 0) is 19.3 Å². The lowest BCUT2D eigenvalue weighted by molar-refractivity contribution is 0.0845. The van der Waals surface area contributed by atoms with Gasteiger partial charge in [-0.15, -0.1) is 0 Å². The van der Waals surface area contributed by atoms with Crippen molar-refractivity contribution in [3.8, 4) is 0 Å². The third-order valence-corrected chi connectivity index (χ3v) is 3.63. The van der Waals surface area contributed by atoms with E-state index in [1.165, 1.54) is 5.69 Å². The lowest BCUT2D eigenvalue weighted by Crippen LogP contribution is -2.23. The van der Waals surface area contributed by atoms with Crippen molar-refractivity contribution in [3.63, 3.8) is 0 Å². The van der Waals surface area contributed by atoms with E-state index in [0.717, 1.165) is 44.7 Å². The first-order valence-corrected chi connectivity index (χ1v) is 6.14. The molecule has 0 spiro atoms. The van der Waals surface area contributed by atoms with Gasteiger partial charge in [0.2, 0.25) is 0 Å². The summed E-state index contributed by atoms with van der Waals surface area (Å²) in [5, 5.41) is 9.61. The summed E-state index contributed by atoms with van der Waals surface area (Å²) in [5.74, 6) is 1.70. The van der Waals surface area contributed by atoms with Crippen LogP contribution in [0, 0.1) is 0 Å². The van der Waals surface area contributed by atoms with Crippen LogP contribution in [0.3, 0.4) is 0 Å². The molecule has 1 atom stereocenters. The molecule has 0 bridgehead atoms. The van der Waals surface area contributed by atoms with Crippen LogP contribution in [-0.2, 0) is 17.7 Å². The molecule has 1 aromatic heterocycles. The number of rotatable bonds is 1. The number of hydrogen-bond acceptors (Lipinski definition) is 3. The van der Waals surface area contributed by atoms with Crippen LogP contribution in [0.15, 0.2) is 6.20 Å². The Morgan fingerprint density at radius 3 is 2.94 bits per heavy atom. The summed E-state index contributed by atoms with van der Waals surface area (Å²) in [7, 11) is 0. The van der Waals surface area contributed by atoms with Gasteiger partial charge < -0.3 is 14.4 Å². The average Bonchev–Trinajstić information content (AvgIpc) is 2.73. The molecule has 4 heteroatoms. The zero-order valence-corrected chi connectivity index (χ0v) is 9.43. The Morgan fingerprint density at radius 2 is 2.12 bits per heavy atom. The van der Waals surface area contributed by atoms with Crippen LogP contribution in [0.1, 0.15) is 36.7 Å². The zero-order valence-electron chi connectivity index (χ0n) is 9.43. The molecule has 3 heterocycles. The Hall–Kier alpha value is -0.870. The highest BCUT2D eigenvalue weighted by atomic mass is 16.5. The van der Waals surface area contributed by atoms with E-state index in [0.29, 0.717) is 12.5 Å². The minimum Gasteiger partial charge on any atom is -0.391 e. The number of nitrogens with zero attached hydrogens (tertiary/aromatic N) is 2. The van der Waals surface area contributed by atoms with Crippen molar-refractivity contribution in [3.05, 3.63) is 17.7 Å². The number of hydrogen-bond donors (Lipinski definition) is 1. The Bertz CT molecular complexity index is 369. The van der Waals surface area contributed by atoms with Crippen LogP contribution in [0.2, 0.25) is 0 Å². The quantitative estimate of drug-likeness (QED) is 0.773. The summed E-state index contributed by atoms with van der Waals surface area (Å²) in [4.78, 5) is 4.71. The number of aromatic nitrogens is 2. The van der Waals surface area contributed by atoms with Gasteiger partial charge in [0.1, 0.15) is 5.82 Å². The molecular formula is C12H18N2O2. The first-order chi connectivity index (χ1) is 7.83. The molecule has 0 saturated carbocycles. The van der Waals surface area contributed by atoms with Crippen molar-refractivity contribution < 1.29 is 9.84 Å². The van der Waals surface area contributed by atoms with Crippen LogP contribution in [0.25, 0.3) is 0 Å². The van der Waals surface area contributed by atoms with Gasteiger partial charge in [0, 0.05) is 38.3 Å². The normalized spacial score (nSPS) is 26.7. The lowest BCUT2D eigenvalue weighted by atomic mass is 9.97. The number of fused-ring (bicyclic) bond motifs is 1. The van der Waals surface area contributed by atoms with Gasteiger partial charge in [0.05, 0.1) is 11.8 Å². The molecule has 0 amide bonds. The second-order valence-electron chi connectivity index (χ2n) is 4.81. The van der Waals surface area contributed by atoms with Gasteiger partial charge in [0.25, 0.3) is 0 Å². The monoisotopic (exact) mass is 222 g/mol. The van der Waals surface area contributed by atoms with E-state index in [4.69, 9.17) is 9.72 Å². The first kappa shape index (κ1) is 10.3. The molecule has 1 aromatic rings. The fourth-order valence-corrected chi connectivity index (χ4v) is 2.64. The van der Waals surface area contributed by atoms with E-state index in [1.54, 1.807) is 0 Å². The van der Waals surface area contributed by atoms with Gasteiger partial charge in [-0.25, -0.2) is 4.98 Å². The summed E-state index contributed by atoms with van der Waals surface area (Å²) in [6, 6.07) is 0. The van der Waals surface area contributed by atoms with E-state index in [1.807, 2.05) is 0 Å². The molecule has 1 unspecified atom stereocenters. The average molecular weight is 222 g/mol. The predicted octanol–water partition coefficient (Wildman–Crippen LogP) is 1.08. The molecule has 4 nitrogen and oxygen atoms in total. The van der Waals surface area contributed by atoms with Gasteiger partial charge in [-0.1, -0.05) is 0 Å². The third kappa shape index (κ3) is 1.87. The van der Waals surface area contributed by atoms with Gasteiger partial charge in [-0.3, -0.25) is 0 Å². The fourth-order valence-electron chi connectivity index (χ4n) is 2.64. The lowest BCUT2D eigenvalue weighted by Gasteiger charge is -2.19. The Labute approximate surface area is 95.3 Å². The van der Waals surface area contributed by atoms with Crippen molar-refractivity contribution in [1.82, 2.24) is 9.55 Å². The standard InChI is InChI=1S/C12H18N2O2/c15-10-1-2-12-13-11(8-14(12)7-10)9-3-5-16-6-4-9/h8-10,15H,1-7H2. The van der Waals surface area contributed by atoms with Gasteiger partial charge >= 0.3 is 0 Å². The second kappa shape index (κ2) is 4.18. The SMILES string of the molecule is OC1CCc2nc(C3CCOCC3)cn2C1. The number of imidazole rings is 1. The third-order valence-electron chi connectivity index (χ3n) is 3.63. The largest absolute Gasteiger partial charge is 0.391 e. The summed E-state index contributed by atoms with van der Waals surface area (Å²) >= 11 is 0. The molecule has 0 aromatic carbocycles. The van der Waals surface area contributed by atoms with Crippen LogP contribution in [0.4, 0.5) is 0 Å². The summed E-state index contributed by atoms with van der Waals surface area (Å²) in [5.41, 5.74) is 1.20. The van der Waals surface area contributed by atoms with Crippen LogP contribution < -0.4 is 0 Å². The van der Waals surface area contributed by atoms with E-state index in [9.17, 15) is 5.11 Å². The maximum Gasteiger partial charge on any atom is 0.109 e. The van der Waals surface area contributed by atoms with Gasteiger partial charge in [-0.2, -0.15) is 0 Å². The summed E-state index contributed by atoms with van der Waals surface area (Å²) < 4.78 is 7.49. The van der Waals surface area contributed by atoms with E-state index in [-0.39, 0.29) is 6.10 Å². The highest BCUT2D eigenvalue weighted by Crippen LogP contribution is 2.27. The Morgan fingerprint density at radius 1 is 1.31 bits per heavy atom. The van der Waals surface area contributed by atoms with E-state index in [2.05, 4.69) is 10.8 Å². The van der Waals surface area contributed by atoms with E-state index >= 15 is 0 Å². The molecule has 2 aliphatic heterocycles. The molecule has 0 radical (unpaired) electrons. The molecule has 0 aliphatic carbocycles. The molecule has 1 fully saturated rings. The van der Waals surface area contributed by atoms with Crippen LogP contribution in [0.5, 0.6) is 0 Å². The molecule has 88 valence electrons. The number of aryl methyl sites for hydroxylation is 1. The highest BCUT2D eigenvalue weighted by molar-refractivity contribution is 5.12. The predicted molar refractivity (Wildman–Crippen MR) is 59.3 cm³/mol. The van der Waals surface area contributed by atoms with Crippen molar-refractivity contribution >= 4 is 0 Å². The molecule has 2 aliphatic rings. The Kier molecular flexibility index (Phi) is 2.69. The topological polar surface area (TPSA) is 47.3 Å². The molecule has 1 saturated heterocycles. The second-order valence-corrected chi connectivity index (χ2v) is 4.81. The van der Waals surface area contributed by atoms with Crippen molar-refractivity contribution in [2.24, 2.45) is 0 Å². The minimum atomic E-state index is -0.191. The zero-order chi connectivity index (χ0) is 11.0. The van der Waals surface area contributed by atoms with E-state index < -0.39 is 0 Å². The van der Waals surface area contributed by atoms with Crippen LogP contribution in [-0.4, -0.2) is 34.0 Å².